The number of rotatable bonds is 3. The van der Waals surface area contributed by atoms with E-state index in [1.807, 2.05) is 0 Å². The van der Waals surface area contributed by atoms with E-state index in [9.17, 15) is 9.90 Å². The number of hydrogen-bond acceptors (Lipinski definition) is 3. The van der Waals surface area contributed by atoms with E-state index < -0.39 is 12.1 Å². The van der Waals surface area contributed by atoms with Gasteiger partial charge in [0.1, 0.15) is 5.75 Å². The van der Waals surface area contributed by atoms with Crippen LogP contribution in [0.15, 0.2) is 21.1 Å². The first-order chi connectivity index (χ1) is 6.97. The van der Waals surface area contributed by atoms with Crippen LogP contribution < -0.4 is 4.74 Å². The van der Waals surface area contributed by atoms with Crippen molar-refractivity contribution in [2.24, 2.45) is 0 Å². The van der Waals surface area contributed by atoms with E-state index in [2.05, 4.69) is 31.9 Å². The number of benzene rings is 1. The van der Waals surface area contributed by atoms with Crippen LogP contribution in [0.3, 0.4) is 0 Å². The average molecular weight is 340 g/mol. The Labute approximate surface area is 103 Å². The van der Waals surface area contributed by atoms with E-state index in [0.717, 1.165) is 0 Å². The standard InChI is InChI=1S/C9H8Br2O4/c1-15-4-2-5(10)7(6(11)3-4)8(12)9(13)14/h2-3,8,12H,1H3,(H,13,14). The summed E-state index contributed by atoms with van der Waals surface area (Å²) in [5.74, 6) is -0.739. The van der Waals surface area contributed by atoms with Gasteiger partial charge >= 0.3 is 5.97 Å². The normalized spacial score (nSPS) is 12.3. The summed E-state index contributed by atoms with van der Waals surface area (Å²) in [4.78, 5) is 10.6. The Morgan fingerprint density at radius 1 is 1.40 bits per heavy atom. The molecule has 1 atom stereocenters. The minimum atomic E-state index is -1.57. The lowest BCUT2D eigenvalue weighted by molar-refractivity contribution is -0.147. The van der Waals surface area contributed by atoms with E-state index in [4.69, 9.17) is 9.84 Å². The molecule has 0 radical (unpaired) electrons. The van der Waals surface area contributed by atoms with Crippen LogP contribution in [0.25, 0.3) is 0 Å². The van der Waals surface area contributed by atoms with E-state index in [1.54, 1.807) is 12.1 Å². The number of carbonyl (C=O) groups is 1. The highest BCUT2D eigenvalue weighted by molar-refractivity contribution is 9.11. The molecule has 1 aromatic carbocycles. The number of methoxy groups -OCH3 is 1. The number of aliphatic hydroxyl groups excluding tert-OH is 1. The highest BCUT2D eigenvalue weighted by atomic mass is 79.9. The molecular formula is C9H8Br2O4. The summed E-state index contributed by atoms with van der Waals surface area (Å²) >= 11 is 6.35. The minimum Gasteiger partial charge on any atom is -0.497 e. The van der Waals surface area contributed by atoms with Crippen molar-refractivity contribution in [3.8, 4) is 5.75 Å². The van der Waals surface area contributed by atoms with Crippen molar-refractivity contribution in [2.75, 3.05) is 7.11 Å². The number of carboxylic acid groups (broad SMARTS) is 1. The van der Waals surface area contributed by atoms with Crippen LogP contribution in [0.1, 0.15) is 11.7 Å². The van der Waals surface area contributed by atoms with Crippen LogP contribution in [0.4, 0.5) is 0 Å². The zero-order chi connectivity index (χ0) is 11.6. The van der Waals surface area contributed by atoms with Crippen molar-refractivity contribution in [1.82, 2.24) is 0 Å². The summed E-state index contributed by atoms with van der Waals surface area (Å²) in [6.07, 6.45) is -1.57. The molecule has 82 valence electrons. The molecule has 4 nitrogen and oxygen atoms in total. The molecule has 0 amide bonds. The third-order valence-corrected chi connectivity index (χ3v) is 3.11. The van der Waals surface area contributed by atoms with Crippen molar-refractivity contribution in [1.29, 1.82) is 0 Å². The molecule has 0 bridgehead atoms. The Morgan fingerprint density at radius 3 is 2.20 bits per heavy atom. The van der Waals surface area contributed by atoms with Crippen LogP contribution >= 0.6 is 31.9 Å². The van der Waals surface area contributed by atoms with Gasteiger partial charge < -0.3 is 14.9 Å². The first kappa shape index (κ1) is 12.5. The van der Waals surface area contributed by atoms with E-state index in [0.29, 0.717) is 14.7 Å². The molecule has 2 N–H and O–H groups in total. The first-order valence-corrected chi connectivity index (χ1v) is 5.49. The van der Waals surface area contributed by atoms with E-state index in [-0.39, 0.29) is 5.56 Å². The smallest absolute Gasteiger partial charge is 0.337 e. The Morgan fingerprint density at radius 2 is 1.87 bits per heavy atom. The maximum absolute atomic E-state index is 10.6. The zero-order valence-electron chi connectivity index (χ0n) is 7.70. The molecule has 0 saturated carbocycles. The summed E-state index contributed by atoms with van der Waals surface area (Å²) in [5, 5.41) is 18.1. The summed E-state index contributed by atoms with van der Waals surface area (Å²) in [7, 11) is 1.50. The second-order valence-electron chi connectivity index (χ2n) is 2.75. The van der Waals surface area contributed by atoms with Gasteiger partial charge in [-0.1, -0.05) is 31.9 Å². The molecule has 0 aliphatic rings. The predicted molar refractivity (Wildman–Crippen MR) is 61.0 cm³/mol. The number of halogens is 2. The number of ether oxygens (including phenoxy) is 1. The number of carboxylic acids is 1. The van der Waals surface area contributed by atoms with Crippen molar-refractivity contribution >= 4 is 37.8 Å². The summed E-state index contributed by atoms with van der Waals surface area (Å²) in [5.41, 5.74) is 0.267. The number of aliphatic carboxylic acids is 1. The minimum absolute atomic E-state index is 0.267. The highest BCUT2D eigenvalue weighted by Gasteiger charge is 2.22. The fourth-order valence-corrected chi connectivity index (χ4v) is 2.64. The number of aliphatic hydroxyl groups is 1. The third-order valence-electron chi connectivity index (χ3n) is 1.80. The second kappa shape index (κ2) is 4.96. The maximum atomic E-state index is 10.6. The van der Waals surface area contributed by atoms with Gasteiger partial charge in [0.15, 0.2) is 6.10 Å². The molecule has 15 heavy (non-hydrogen) atoms. The Bertz CT molecular complexity index is 369. The molecule has 6 heteroatoms. The maximum Gasteiger partial charge on any atom is 0.337 e. The van der Waals surface area contributed by atoms with Crippen LogP contribution in [-0.4, -0.2) is 23.3 Å². The number of hydrogen-bond donors (Lipinski definition) is 2. The largest absolute Gasteiger partial charge is 0.497 e. The lowest BCUT2D eigenvalue weighted by atomic mass is 10.1. The van der Waals surface area contributed by atoms with Gasteiger partial charge in [-0.15, -0.1) is 0 Å². The van der Waals surface area contributed by atoms with Gasteiger partial charge in [-0.25, -0.2) is 4.79 Å². The van der Waals surface area contributed by atoms with Crippen molar-refractivity contribution in [3.05, 3.63) is 26.6 Å². The molecule has 0 aromatic heterocycles. The van der Waals surface area contributed by atoms with E-state index >= 15 is 0 Å². The van der Waals surface area contributed by atoms with Gasteiger partial charge in [-0.3, -0.25) is 0 Å². The van der Waals surface area contributed by atoms with Gasteiger partial charge in [-0.05, 0) is 12.1 Å². The molecule has 1 unspecified atom stereocenters. The summed E-state index contributed by atoms with van der Waals surface area (Å²) < 4.78 is 5.93. The molecule has 0 aliphatic heterocycles. The molecule has 0 heterocycles. The Kier molecular flexibility index (Phi) is 4.12. The van der Waals surface area contributed by atoms with Crippen LogP contribution in [0.2, 0.25) is 0 Å². The van der Waals surface area contributed by atoms with Gasteiger partial charge in [0.2, 0.25) is 0 Å². The molecule has 1 aromatic rings. The molecule has 0 fully saturated rings. The Balaban J connectivity index is 3.25. The highest BCUT2D eigenvalue weighted by Crippen LogP contribution is 2.35. The van der Waals surface area contributed by atoms with Crippen LogP contribution in [0.5, 0.6) is 5.75 Å². The predicted octanol–water partition coefficient (Wildman–Crippen LogP) is 2.34. The monoisotopic (exact) mass is 338 g/mol. The topological polar surface area (TPSA) is 66.8 Å². The average Bonchev–Trinajstić information content (AvgIpc) is 2.16. The SMILES string of the molecule is COc1cc(Br)c(C(O)C(=O)O)c(Br)c1. The van der Waals surface area contributed by atoms with Crippen LogP contribution in [0, 0.1) is 0 Å². The quantitative estimate of drug-likeness (QED) is 0.887. The lowest BCUT2D eigenvalue weighted by Gasteiger charge is -2.12. The van der Waals surface area contributed by atoms with Crippen molar-refractivity contribution < 1.29 is 19.7 Å². The fourth-order valence-electron chi connectivity index (χ4n) is 1.06. The van der Waals surface area contributed by atoms with Crippen LogP contribution in [-0.2, 0) is 4.79 Å². The van der Waals surface area contributed by atoms with Gasteiger partial charge in [0.25, 0.3) is 0 Å². The molecule has 0 saturated heterocycles. The van der Waals surface area contributed by atoms with Gasteiger partial charge in [0, 0.05) is 14.5 Å². The lowest BCUT2D eigenvalue weighted by Crippen LogP contribution is -2.11. The molecule has 1 rings (SSSR count). The van der Waals surface area contributed by atoms with Crippen molar-refractivity contribution in [2.45, 2.75) is 6.10 Å². The zero-order valence-corrected chi connectivity index (χ0v) is 10.9. The summed E-state index contributed by atoms with van der Waals surface area (Å²) in [6.45, 7) is 0. The van der Waals surface area contributed by atoms with Gasteiger partial charge in [-0.2, -0.15) is 0 Å². The molecular weight excluding hydrogens is 332 g/mol. The second-order valence-corrected chi connectivity index (χ2v) is 4.45. The molecule has 0 aliphatic carbocycles. The molecule has 0 spiro atoms. The van der Waals surface area contributed by atoms with Crippen molar-refractivity contribution in [3.63, 3.8) is 0 Å². The first-order valence-electron chi connectivity index (χ1n) is 3.91. The Hall–Kier alpha value is -0.590. The third kappa shape index (κ3) is 2.70. The van der Waals surface area contributed by atoms with Gasteiger partial charge in [0.05, 0.1) is 7.11 Å². The van der Waals surface area contributed by atoms with E-state index in [1.165, 1.54) is 7.11 Å². The summed E-state index contributed by atoms with van der Waals surface area (Å²) in [6, 6.07) is 3.18. The fraction of sp³-hybridized carbons (Fsp3) is 0.222.